The highest BCUT2D eigenvalue weighted by atomic mass is 31.8. The molecule has 0 spiro atoms. The quantitative estimate of drug-likeness (QED) is 0.410. The Morgan fingerprint density at radius 2 is 1.26 bits per heavy atom. The minimum absolute atomic E-state index is 1.07. The third kappa shape index (κ3) is 3.17. The van der Waals surface area contributed by atoms with E-state index in [0.29, 0.717) is 0 Å². The third-order valence-corrected chi connectivity index (χ3v) is 64.9. The van der Waals surface area contributed by atoms with E-state index in [-0.39, 0.29) is 0 Å². The second kappa shape index (κ2) is 5.28. The lowest BCUT2D eigenvalue weighted by molar-refractivity contribution is 1.22. The third-order valence-electron chi connectivity index (χ3n) is 3.94. The summed E-state index contributed by atoms with van der Waals surface area (Å²) >= 11 is 0. The molecular formula is C14H32NPSi3. The lowest BCUT2D eigenvalue weighted by Crippen LogP contribution is -2.47. The molecule has 1 nitrogen and oxygen atoms in total. The van der Waals surface area contributed by atoms with Crippen LogP contribution in [-0.2, 0) is 0 Å². The minimum atomic E-state index is -1.28. The molecular weight excluding hydrogens is 297 g/mol. The predicted octanol–water partition coefficient (Wildman–Crippen LogP) is 6.54. The van der Waals surface area contributed by atoms with Crippen LogP contribution in [-0.4, -0.2) is 23.2 Å². The molecule has 0 atom stereocenters. The molecule has 0 bridgehead atoms. The van der Waals surface area contributed by atoms with Crippen molar-refractivity contribution in [2.24, 2.45) is 4.74 Å². The van der Waals surface area contributed by atoms with Crippen LogP contribution in [0.4, 0.5) is 0 Å². The summed E-state index contributed by atoms with van der Waals surface area (Å²) in [5.74, 6) is 0. The van der Waals surface area contributed by atoms with Crippen LogP contribution in [0.2, 0.25) is 58.9 Å². The topological polar surface area (TPSA) is 12.4 Å². The van der Waals surface area contributed by atoms with Crippen molar-refractivity contribution in [1.29, 1.82) is 0 Å². The van der Waals surface area contributed by atoms with E-state index in [2.05, 4.69) is 77.2 Å². The van der Waals surface area contributed by atoms with Gasteiger partial charge in [-0.2, -0.15) is 0 Å². The lowest BCUT2D eigenvalue weighted by Gasteiger charge is -2.52. The molecule has 0 heterocycles. The Labute approximate surface area is 123 Å². The van der Waals surface area contributed by atoms with E-state index in [1.54, 1.807) is 0 Å². The van der Waals surface area contributed by atoms with Crippen LogP contribution >= 0.6 is 5.70 Å². The Bertz CT molecular complexity index is 414. The Balaban J connectivity index is 3.65. The first-order valence-corrected chi connectivity index (χ1v) is 22.1. The van der Waals surface area contributed by atoms with Gasteiger partial charge in [-0.05, 0) is 6.08 Å². The normalized spacial score (nSPS) is 17.6. The van der Waals surface area contributed by atoms with Crippen molar-refractivity contribution in [2.45, 2.75) is 65.3 Å². The summed E-state index contributed by atoms with van der Waals surface area (Å²) < 4.78 is 5.62. The van der Waals surface area contributed by atoms with Gasteiger partial charge in [-0.15, -0.1) is 0 Å². The first kappa shape index (κ1) is 17.4. The van der Waals surface area contributed by atoms with Crippen molar-refractivity contribution in [2.75, 3.05) is 0 Å². The maximum Gasteiger partial charge on any atom is 0.0843 e. The van der Waals surface area contributed by atoms with E-state index in [4.69, 9.17) is 4.74 Å². The molecule has 0 aromatic carbocycles. The zero-order valence-corrected chi connectivity index (χ0v) is 18.2. The van der Waals surface area contributed by atoms with Gasteiger partial charge in [-0.25, -0.2) is 0 Å². The lowest BCUT2D eigenvalue weighted by atomic mass is 10.4. The summed E-state index contributed by atoms with van der Waals surface area (Å²) in [7, 11) is -3.83. The molecule has 0 aromatic heterocycles. The summed E-state index contributed by atoms with van der Waals surface area (Å²) in [6.45, 7) is 23.3. The van der Waals surface area contributed by atoms with E-state index in [0.717, 1.165) is 6.42 Å². The smallest absolute Gasteiger partial charge is 0.0843 e. The van der Waals surface area contributed by atoms with Crippen LogP contribution in [0.25, 0.3) is 0 Å². The molecule has 1 aliphatic carbocycles. The summed E-state index contributed by atoms with van der Waals surface area (Å²) in [5.41, 5.74) is 0.212. The molecule has 0 aliphatic heterocycles. The molecule has 0 unspecified atom stereocenters. The monoisotopic (exact) mass is 329 g/mol. The van der Waals surface area contributed by atoms with Crippen molar-refractivity contribution in [3.8, 4) is 0 Å². The van der Waals surface area contributed by atoms with Crippen LogP contribution in [0.15, 0.2) is 28.7 Å². The van der Waals surface area contributed by atoms with E-state index >= 15 is 0 Å². The van der Waals surface area contributed by atoms with E-state index in [9.17, 15) is 0 Å². The van der Waals surface area contributed by atoms with Crippen molar-refractivity contribution in [3.05, 3.63) is 23.9 Å². The molecule has 0 aromatic rings. The van der Waals surface area contributed by atoms with Gasteiger partial charge in [-0.1, -0.05) is 76.8 Å². The standard InChI is InChI=1S/C14H32NPSi3/c1-17(2,3)16(18(4,5)6,19(7,8)9)15-14-12-10-11-13-14/h10-12H,13H2,1-9H3. The van der Waals surface area contributed by atoms with Crippen LogP contribution < -0.4 is 0 Å². The van der Waals surface area contributed by atoms with Crippen LogP contribution in [0, 0.1) is 0 Å². The fourth-order valence-corrected chi connectivity index (χ4v) is 87.9. The molecule has 0 fully saturated rings. The van der Waals surface area contributed by atoms with Gasteiger partial charge < -0.3 is 0 Å². The molecule has 1 aliphatic rings. The molecule has 0 saturated heterocycles. The zero-order valence-electron chi connectivity index (χ0n) is 14.3. The second-order valence-electron chi connectivity index (χ2n) is 8.54. The summed E-state index contributed by atoms with van der Waals surface area (Å²) in [5, 5.41) is 0. The Morgan fingerprint density at radius 1 is 0.842 bits per heavy atom. The van der Waals surface area contributed by atoms with Gasteiger partial charge in [0.05, 0.1) is 23.2 Å². The minimum Gasteiger partial charge on any atom is -0.284 e. The van der Waals surface area contributed by atoms with Crippen LogP contribution in [0.3, 0.4) is 0 Å². The van der Waals surface area contributed by atoms with Crippen molar-refractivity contribution in [1.82, 2.24) is 0 Å². The van der Waals surface area contributed by atoms with E-state index in [1.807, 2.05) is 0 Å². The molecule has 0 saturated carbocycles. The molecule has 0 N–H and O–H groups in total. The Kier molecular flexibility index (Phi) is 4.84. The Hall–Kier alpha value is 0.361. The molecule has 110 valence electrons. The maximum atomic E-state index is 5.62. The SMILES string of the molecule is C[Si](C)(C)P(=NC1=CC=CC1)([Si](C)(C)C)[Si](C)(C)C. The largest absolute Gasteiger partial charge is 0.284 e. The zero-order chi connectivity index (χ0) is 15.1. The van der Waals surface area contributed by atoms with Crippen molar-refractivity contribution in [3.63, 3.8) is 0 Å². The van der Waals surface area contributed by atoms with E-state index < -0.39 is 28.9 Å². The van der Waals surface area contributed by atoms with Gasteiger partial charge in [0.15, 0.2) is 0 Å². The van der Waals surface area contributed by atoms with E-state index in [1.165, 1.54) is 5.70 Å². The average molecular weight is 330 g/mol. The number of allylic oxidation sites excluding steroid dienone is 3. The summed E-state index contributed by atoms with van der Waals surface area (Å²) in [4.78, 5) is 0. The number of rotatable bonds is 4. The van der Waals surface area contributed by atoms with Gasteiger partial charge >= 0.3 is 0 Å². The summed E-state index contributed by atoms with van der Waals surface area (Å²) in [6, 6.07) is 0. The summed E-state index contributed by atoms with van der Waals surface area (Å²) in [6.07, 6.45) is 7.77. The molecule has 19 heavy (non-hydrogen) atoms. The van der Waals surface area contributed by atoms with Crippen molar-refractivity contribution < 1.29 is 0 Å². The van der Waals surface area contributed by atoms with Gasteiger partial charge in [0.25, 0.3) is 0 Å². The van der Waals surface area contributed by atoms with Gasteiger partial charge in [0.1, 0.15) is 0 Å². The highest BCUT2D eigenvalue weighted by Gasteiger charge is 2.53. The fourth-order valence-electron chi connectivity index (χ4n) is 4.17. The molecule has 0 amide bonds. The Morgan fingerprint density at radius 3 is 1.53 bits per heavy atom. The first-order valence-electron chi connectivity index (χ1n) is 7.31. The number of hydrogen-bond acceptors (Lipinski definition) is 1. The highest BCUT2D eigenvalue weighted by molar-refractivity contribution is 8.42. The van der Waals surface area contributed by atoms with Crippen LogP contribution in [0.1, 0.15) is 6.42 Å². The van der Waals surface area contributed by atoms with Gasteiger partial charge in [0, 0.05) is 12.1 Å². The van der Waals surface area contributed by atoms with Crippen LogP contribution in [0.5, 0.6) is 0 Å². The first-order chi connectivity index (χ1) is 8.33. The molecule has 0 radical (unpaired) electrons. The fraction of sp³-hybridized carbons (Fsp3) is 0.714. The van der Waals surface area contributed by atoms with Gasteiger partial charge in [-0.3, -0.25) is 4.74 Å². The average Bonchev–Trinajstić information content (AvgIpc) is 2.59. The molecule has 5 heteroatoms. The molecule has 1 rings (SSSR count). The van der Waals surface area contributed by atoms with Gasteiger partial charge in [0.2, 0.25) is 0 Å². The number of nitrogens with zero attached hydrogens (tertiary/aromatic N) is 1. The van der Waals surface area contributed by atoms with Crippen molar-refractivity contribution >= 4 is 28.9 Å². The maximum absolute atomic E-state index is 5.62. The second-order valence-corrected chi connectivity index (χ2v) is 45.0. The highest BCUT2D eigenvalue weighted by Crippen LogP contribution is 2.72. The number of hydrogen-bond donors (Lipinski definition) is 0. The predicted molar refractivity (Wildman–Crippen MR) is 101 cm³/mol.